The van der Waals surface area contributed by atoms with E-state index < -0.39 is 5.97 Å². The van der Waals surface area contributed by atoms with Gasteiger partial charge in [0.25, 0.3) is 0 Å². The van der Waals surface area contributed by atoms with Crippen LogP contribution in [0.25, 0.3) is 0 Å². The molecule has 0 saturated heterocycles. The fourth-order valence-electron chi connectivity index (χ4n) is 1.39. The Kier molecular flexibility index (Phi) is 2.95. The summed E-state index contributed by atoms with van der Waals surface area (Å²) in [5.74, 6) is -1.09. The number of aromatic nitrogens is 3. The first-order valence-electron chi connectivity index (χ1n) is 4.86. The van der Waals surface area contributed by atoms with Crippen molar-refractivity contribution in [3.05, 3.63) is 58.5 Å². The fourth-order valence-corrected chi connectivity index (χ4v) is 1.39. The van der Waals surface area contributed by atoms with Crippen LogP contribution in [-0.4, -0.2) is 25.6 Å². The third-order valence-electron chi connectivity index (χ3n) is 2.18. The Bertz CT molecular complexity index is 607. The van der Waals surface area contributed by atoms with Gasteiger partial charge < -0.3 is 5.11 Å². The minimum atomic E-state index is -1.09. The zero-order valence-corrected chi connectivity index (χ0v) is 8.78. The van der Waals surface area contributed by atoms with Crippen molar-refractivity contribution in [3.8, 4) is 0 Å². The minimum Gasteiger partial charge on any atom is -0.477 e. The lowest BCUT2D eigenvalue weighted by Gasteiger charge is -2.04. The number of hydrogen-bond donors (Lipinski definition) is 1. The van der Waals surface area contributed by atoms with Gasteiger partial charge in [0.2, 0.25) is 0 Å². The van der Waals surface area contributed by atoms with Crippen molar-refractivity contribution in [2.45, 2.75) is 6.54 Å². The van der Waals surface area contributed by atoms with Gasteiger partial charge in [-0.3, -0.25) is 4.57 Å². The molecule has 0 aliphatic rings. The predicted molar refractivity (Wildman–Crippen MR) is 58.8 cm³/mol. The number of aromatic carboxylic acids is 1. The zero-order chi connectivity index (χ0) is 12.3. The van der Waals surface area contributed by atoms with E-state index in [-0.39, 0.29) is 17.9 Å². The minimum absolute atomic E-state index is 0.0422. The average molecular weight is 231 g/mol. The Hall–Kier alpha value is -2.50. The second-order valence-electron chi connectivity index (χ2n) is 3.38. The Morgan fingerprint density at radius 1 is 1.35 bits per heavy atom. The molecule has 0 aromatic carbocycles. The highest BCUT2D eigenvalue weighted by Gasteiger charge is 2.05. The van der Waals surface area contributed by atoms with E-state index in [1.165, 1.54) is 23.0 Å². The molecule has 1 N–H and O–H groups in total. The Morgan fingerprint density at radius 3 is 2.88 bits per heavy atom. The van der Waals surface area contributed by atoms with Crippen molar-refractivity contribution < 1.29 is 9.90 Å². The van der Waals surface area contributed by atoms with Crippen LogP contribution in [0.15, 0.2) is 41.6 Å². The van der Waals surface area contributed by atoms with E-state index in [2.05, 4.69) is 9.97 Å². The van der Waals surface area contributed by atoms with Crippen molar-refractivity contribution in [1.82, 2.24) is 14.5 Å². The second kappa shape index (κ2) is 4.56. The SMILES string of the molecule is O=C(O)c1cc(Cn2cccnc2=O)ccn1. The summed E-state index contributed by atoms with van der Waals surface area (Å²) >= 11 is 0. The van der Waals surface area contributed by atoms with Crippen molar-refractivity contribution >= 4 is 5.97 Å². The summed E-state index contributed by atoms with van der Waals surface area (Å²) in [5.41, 5.74) is 0.271. The predicted octanol–water partition coefficient (Wildman–Crippen LogP) is 0.385. The Morgan fingerprint density at radius 2 is 2.18 bits per heavy atom. The van der Waals surface area contributed by atoms with E-state index in [0.717, 1.165) is 0 Å². The normalized spacial score (nSPS) is 10.1. The highest BCUT2D eigenvalue weighted by atomic mass is 16.4. The summed E-state index contributed by atoms with van der Waals surface area (Å²) < 4.78 is 1.39. The largest absolute Gasteiger partial charge is 0.477 e. The molecule has 0 radical (unpaired) electrons. The number of carboxylic acid groups (broad SMARTS) is 1. The van der Waals surface area contributed by atoms with Gasteiger partial charge in [-0.1, -0.05) is 0 Å². The van der Waals surface area contributed by atoms with E-state index in [9.17, 15) is 9.59 Å². The number of pyridine rings is 1. The molecular weight excluding hydrogens is 222 g/mol. The summed E-state index contributed by atoms with van der Waals surface area (Å²) in [7, 11) is 0. The van der Waals surface area contributed by atoms with Crippen molar-refractivity contribution in [1.29, 1.82) is 0 Å². The lowest BCUT2D eigenvalue weighted by atomic mass is 10.2. The third kappa shape index (κ3) is 2.54. The molecule has 2 aromatic rings. The first-order chi connectivity index (χ1) is 8.16. The first kappa shape index (κ1) is 11.0. The topological polar surface area (TPSA) is 85.1 Å². The zero-order valence-electron chi connectivity index (χ0n) is 8.78. The van der Waals surface area contributed by atoms with E-state index in [1.807, 2.05) is 0 Å². The Labute approximate surface area is 96.2 Å². The molecule has 86 valence electrons. The number of carbonyl (C=O) groups is 1. The van der Waals surface area contributed by atoms with Gasteiger partial charge in [0.05, 0.1) is 6.54 Å². The van der Waals surface area contributed by atoms with E-state index in [1.54, 1.807) is 18.3 Å². The molecule has 0 atom stereocenters. The third-order valence-corrected chi connectivity index (χ3v) is 2.18. The number of nitrogens with zero attached hydrogens (tertiary/aromatic N) is 3. The summed E-state index contributed by atoms with van der Waals surface area (Å²) in [5, 5.41) is 8.79. The van der Waals surface area contributed by atoms with Crippen LogP contribution in [0.4, 0.5) is 0 Å². The fraction of sp³-hybridized carbons (Fsp3) is 0.0909. The molecule has 6 heteroatoms. The average Bonchev–Trinajstić information content (AvgIpc) is 2.32. The molecule has 17 heavy (non-hydrogen) atoms. The van der Waals surface area contributed by atoms with Crippen LogP contribution in [0, 0.1) is 0 Å². The van der Waals surface area contributed by atoms with Crippen LogP contribution in [0.3, 0.4) is 0 Å². The standard InChI is InChI=1S/C11H9N3O3/c15-10(16)9-6-8(2-4-12-9)7-14-5-1-3-13-11(14)17/h1-6H,7H2,(H,15,16). The molecule has 0 aliphatic carbocycles. The lowest BCUT2D eigenvalue weighted by Crippen LogP contribution is -2.22. The molecule has 0 fully saturated rings. The number of rotatable bonds is 3. The van der Waals surface area contributed by atoms with E-state index in [4.69, 9.17) is 5.11 Å². The maximum Gasteiger partial charge on any atom is 0.354 e. The van der Waals surface area contributed by atoms with Crippen molar-refractivity contribution in [2.24, 2.45) is 0 Å². The molecule has 0 bridgehead atoms. The van der Waals surface area contributed by atoms with E-state index in [0.29, 0.717) is 5.56 Å². The van der Waals surface area contributed by atoms with Gasteiger partial charge in [-0.15, -0.1) is 0 Å². The molecule has 2 heterocycles. The molecule has 6 nitrogen and oxygen atoms in total. The molecule has 0 amide bonds. The maximum absolute atomic E-state index is 11.4. The first-order valence-corrected chi connectivity index (χ1v) is 4.86. The molecule has 0 spiro atoms. The Balaban J connectivity index is 2.31. The van der Waals surface area contributed by atoms with Crippen LogP contribution < -0.4 is 5.69 Å². The summed E-state index contributed by atoms with van der Waals surface area (Å²) in [6, 6.07) is 4.73. The lowest BCUT2D eigenvalue weighted by molar-refractivity contribution is 0.0690. The summed E-state index contributed by atoms with van der Waals surface area (Å²) in [6.45, 7) is 0.273. The number of hydrogen-bond acceptors (Lipinski definition) is 4. The highest BCUT2D eigenvalue weighted by Crippen LogP contribution is 2.03. The van der Waals surface area contributed by atoms with Gasteiger partial charge in [0, 0.05) is 18.6 Å². The summed E-state index contributed by atoms with van der Waals surface area (Å²) in [6.07, 6.45) is 4.41. The van der Waals surface area contributed by atoms with Gasteiger partial charge in [0.1, 0.15) is 5.69 Å². The molecule has 2 aromatic heterocycles. The van der Waals surface area contributed by atoms with Gasteiger partial charge in [-0.05, 0) is 23.8 Å². The molecule has 0 aliphatic heterocycles. The van der Waals surface area contributed by atoms with Gasteiger partial charge in [-0.25, -0.2) is 19.6 Å². The molecule has 0 saturated carbocycles. The van der Waals surface area contributed by atoms with Gasteiger partial charge in [-0.2, -0.15) is 0 Å². The van der Waals surface area contributed by atoms with Crippen LogP contribution in [0.2, 0.25) is 0 Å². The molecular formula is C11H9N3O3. The monoisotopic (exact) mass is 231 g/mol. The van der Waals surface area contributed by atoms with E-state index >= 15 is 0 Å². The van der Waals surface area contributed by atoms with Crippen molar-refractivity contribution in [3.63, 3.8) is 0 Å². The quantitative estimate of drug-likeness (QED) is 0.825. The highest BCUT2D eigenvalue weighted by molar-refractivity contribution is 5.85. The molecule has 0 unspecified atom stereocenters. The molecule has 2 rings (SSSR count). The smallest absolute Gasteiger partial charge is 0.354 e. The van der Waals surface area contributed by atoms with Gasteiger partial charge in [0.15, 0.2) is 0 Å². The van der Waals surface area contributed by atoms with Crippen molar-refractivity contribution in [2.75, 3.05) is 0 Å². The maximum atomic E-state index is 11.4. The summed E-state index contributed by atoms with van der Waals surface area (Å²) in [4.78, 5) is 29.4. The van der Waals surface area contributed by atoms with Crippen LogP contribution in [-0.2, 0) is 6.54 Å². The second-order valence-corrected chi connectivity index (χ2v) is 3.38. The van der Waals surface area contributed by atoms with Crippen LogP contribution >= 0.6 is 0 Å². The van der Waals surface area contributed by atoms with Gasteiger partial charge >= 0.3 is 11.7 Å². The van der Waals surface area contributed by atoms with Crippen LogP contribution in [0.1, 0.15) is 16.1 Å². The van der Waals surface area contributed by atoms with Crippen LogP contribution in [0.5, 0.6) is 0 Å². The number of carboxylic acids is 1.